The van der Waals surface area contributed by atoms with Crippen LogP contribution >= 0.6 is 15.6 Å². The van der Waals surface area contributed by atoms with Gasteiger partial charge in [0.1, 0.15) is 19.3 Å². The molecule has 0 aromatic rings. The van der Waals surface area contributed by atoms with Crippen molar-refractivity contribution in [1.29, 1.82) is 0 Å². The van der Waals surface area contributed by atoms with Crippen LogP contribution in [0.25, 0.3) is 0 Å². The fourth-order valence-electron chi connectivity index (χ4n) is 12.1. The first kappa shape index (κ1) is 96.1. The molecule has 0 amide bonds. The Kier molecular flexibility index (Phi) is 68.1. The molecular weight excluding hydrogens is 1280 g/mol. The molecule has 5 atom stereocenters. The van der Waals surface area contributed by atoms with Crippen LogP contribution in [-0.2, 0) is 65.4 Å². The second-order valence-corrected chi connectivity index (χ2v) is 32.8. The van der Waals surface area contributed by atoms with Crippen molar-refractivity contribution < 1.29 is 80.2 Å². The lowest BCUT2D eigenvalue weighted by Crippen LogP contribution is -2.30. The molecule has 98 heavy (non-hydrogen) atoms. The van der Waals surface area contributed by atoms with Gasteiger partial charge in [-0.05, 0) is 43.4 Å². The van der Waals surface area contributed by atoms with Crippen LogP contribution in [0.2, 0.25) is 0 Å². The molecule has 0 aliphatic heterocycles. The average molecular weight is 1440 g/mol. The minimum atomic E-state index is -4.96. The third-order valence-electron chi connectivity index (χ3n) is 18.4. The zero-order valence-electron chi connectivity index (χ0n) is 64.3. The van der Waals surface area contributed by atoms with Crippen molar-refractivity contribution in [2.24, 2.45) is 17.8 Å². The first-order valence-corrected chi connectivity index (χ1v) is 43.8. The van der Waals surface area contributed by atoms with Crippen molar-refractivity contribution in [1.82, 2.24) is 0 Å². The van der Waals surface area contributed by atoms with Crippen LogP contribution in [0.3, 0.4) is 0 Å². The van der Waals surface area contributed by atoms with Gasteiger partial charge in [0.2, 0.25) is 0 Å². The number of hydrogen-bond donors (Lipinski definition) is 3. The van der Waals surface area contributed by atoms with Crippen LogP contribution in [0, 0.1) is 17.8 Å². The number of rotatable bonds is 77. The van der Waals surface area contributed by atoms with Crippen LogP contribution in [0.4, 0.5) is 0 Å². The predicted octanol–water partition coefficient (Wildman–Crippen LogP) is 23.4. The van der Waals surface area contributed by atoms with Crippen molar-refractivity contribution in [2.75, 3.05) is 39.6 Å². The summed E-state index contributed by atoms with van der Waals surface area (Å²) in [6, 6.07) is 0. The maximum absolute atomic E-state index is 13.1. The van der Waals surface area contributed by atoms with Gasteiger partial charge in [-0.1, -0.05) is 357 Å². The van der Waals surface area contributed by atoms with Gasteiger partial charge >= 0.3 is 39.5 Å². The number of carbonyl (C=O) groups is 4. The molecule has 0 saturated heterocycles. The molecule has 0 radical (unpaired) electrons. The van der Waals surface area contributed by atoms with Crippen LogP contribution in [0.15, 0.2) is 0 Å². The Hall–Kier alpha value is -1.94. The third-order valence-corrected chi connectivity index (χ3v) is 20.3. The second kappa shape index (κ2) is 69.4. The van der Waals surface area contributed by atoms with Crippen molar-refractivity contribution in [3.63, 3.8) is 0 Å². The molecule has 0 heterocycles. The Bertz CT molecular complexity index is 1900. The number of ether oxygens (including phenoxy) is 4. The molecule has 0 spiro atoms. The number of aliphatic hydroxyl groups excluding tert-OH is 1. The number of unbranched alkanes of at least 4 members (excludes halogenated alkanes) is 45. The molecule has 0 aliphatic carbocycles. The summed E-state index contributed by atoms with van der Waals surface area (Å²) in [5, 5.41) is 10.6. The Morgan fingerprint density at radius 2 is 0.469 bits per heavy atom. The van der Waals surface area contributed by atoms with E-state index in [-0.39, 0.29) is 25.7 Å². The maximum Gasteiger partial charge on any atom is 0.472 e. The number of hydrogen-bond acceptors (Lipinski definition) is 15. The molecular formula is C79H154O17P2. The average Bonchev–Trinajstić information content (AvgIpc) is 1.11. The Morgan fingerprint density at radius 1 is 0.276 bits per heavy atom. The summed E-state index contributed by atoms with van der Waals surface area (Å²) in [6.07, 6.45) is 56.9. The summed E-state index contributed by atoms with van der Waals surface area (Å²) in [5.41, 5.74) is 0. The molecule has 0 fully saturated rings. The lowest BCUT2D eigenvalue weighted by Gasteiger charge is -2.21. The first-order valence-electron chi connectivity index (χ1n) is 40.8. The van der Waals surface area contributed by atoms with E-state index in [1.165, 1.54) is 218 Å². The van der Waals surface area contributed by atoms with Gasteiger partial charge in [-0.3, -0.25) is 37.3 Å². The first-order chi connectivity index (χ1) is 47.2. The van der Waals surface area contributed by atoms with Crippen LogP contribution in [-0.4, -0.2) is 96.7 Å². The molecule has 0 bridgehead atoms. The molecule has 0 aliphatic rings. The third kappa shape index (κ3) is 72.4. The van der Waals surface area contributed by atoms with Gasteiger partial charge in [-0.2, -0.15) is 0 Å². The van der Waals surface area contributed by atoms with E-state index in [0.717, 1.165) is 108 Å². The number of esters is 4. The summed E-state index contributed by atoms with van der Waals surface area (Å²) in [5.74, 6) is 0.229. The molecule has 19 heteroatoms. The Balaban J connectivity index is 5.21. The van der Waals surface area contributed by atoms with E-state index in [4.69, 9.17) is 37.0 Å². The lowest BCUT2D eigenvalue weighted by molar-refractivity contribution is -0.161. The Morgan fingerprint density at radius 3 is 0.694 bits per heavy atom. The van der Waals surface area contributed by atoms with Crippen molar-refractivity contribution in [3.8, 4) is 0 Å². The molecule has 0 saturated carbocycles. The van der Waals surface area contributed by atoms with Crippen molar-refractivity contribution in [3.05, 3.63) is 0 Å². The number of phosphoric acid groups is 2. The van der Waals surface area contributed by atoms with Gasteiger partial charge in [-0.25, -0.2) is 9.13 Å². The number of aliphatic hydroxyl groups is 1. The minimum Gasteiger partial charge on any atom is -0.462 e. The number of carbonyl (C=O) groups excluding carboxylic acids is 4. The molecule has 0 aromatic heterocycles. The van der Waals surface area contributed by atoms with Gasteiger partial charge in [0.05, 0.1) is 26.4 Å². The fourth-order valence-corrected chi connectivity index (χ4v) is 13.7. The SMILES string of the molecule is CCCCCCCCCCCCC(=O)OC[C@H](COP(=O)(O)OC[C@H](O)COP(=O)(O)OC[C@@H](COC(=O)CCCCCCCCCCCCCC(C)C)OC(=O)CCCCCCCCCCCCCCCCCCCCC(C)C)OC(=O)CCCCCCCCCCCCC(C)C. The van der Waals surface area contributed by atoms with E-state index < -0.39 is 97.5 Å². The quantitative estimate of drug-likeness (QED) is 0.0222. The maximum atomic E-state index is 13.1. The van der Waals surface area contributed by atoms with E-state index in [1.807, 2.05) is 0 Å². The van der Waals surface area contributed by atoms with Gasteiger partial charge < -0.3 is 33.8 Å². The molecule has 0 rings (SSSR count). The highest BCUT2D eigenvalue weighted by Crippen LogP contribution is 2.45. The fraction of sp³-hybridized carbons (Fsp3) is 0.949. The van der Waals surface area contributed by atoms with Crippen LogP contribution < -0.4 is 0 Å². The normalized spacial score (nSPS) is 14.0. The van der Waals surface area contributed by atoms with Crippen LogP contribution in [0.1, 0.15) is 408 Å². The van der Waals surface area contributed by atoms with Gasteiger partial charge in [-0.15, -0.1) is 0 Å². The summed E-state index contributed by atoms with van der Waals surface area (Å²) in [7, 11) is -9.92. The van der Waals surface area contributed by atoms with E-state index >= 15 is 0 Å². The second-order valence-electron chi connectivity index (χ2n) is 29.9. The van der Waals surface area contributed by atoms with E-state index in [1.54, 1.807) is 0 Å². The number of phosphoric ester groups is 2. The largest absolute Gasteiger partial charge is 0.472 e. The van der Waals surface area contributed by atoms with Gasteiger partial charge in [0, 0.05) is 25.7 Å². The van der Waals surface area contributed by atoms with Crippen LogP contribution in [0.5, 0.6) is 0 Å². The topological polar surface area (TPSA) is 237 Å². The van der Waals surface area contributed by atoms with Gasteiger partial charge in [0.25, 0.3) is 0 Å². The monoisotopic (exact) mass is 1440 g/mol. The smallest absolute Gasteiger partial charge is 0.462 e. The molecule has 17 nitrogen and oxygen atoms in total. The Labute approximate surface area is 600 Å². The summed E-state index contributed by atoms with van der Waals surface area (Å²) in [6.45, 7) is 11.9. The molecule has 582 valence electrons. The highest BCUT2D eigenvalue weighted by molar-refractivity contribution is 7.47. The minimum absolute atomic E-state index is 0.106. The van der Waals surface area contributed by atoms with Crippen molar-refractivity contribution >= 4 is 39.5 Å². The van der Waals surface area contributed by atoms with Crippen molar-refractivity contribution in [2.45, 2.75) is 426 Å². The lowest BCUT2D eigenvalue weighted by atomic mass is 10.0. The standard InChI is InChI=1S/C79H154O17P2/c1-8-9-10-11-12-13-32-39-46-53-60-76(81)89-66-74(96-79(84)63-56-49-42-35-28-27-31-38-45-52-59-72(6)7)68-93-97(85,86)91-64-73(80)65-92-98(87,88)94-69-75(67-90-77(82)61-54-47-40-33-26-22-24-30-37-44-51-58-71(4)5)95-78(83)62-55-48-41-34-25-21-19-17-15-14-16-18-20-23-29-36-43-50-57-70(2)3/h70-75,80H,8-69H2,1-7H3,(H,85,86)(H,87,88)/t73-,74+,75+/m0/s1. The van der Waals surface area contributed by atoms with E-state index in [9.17, 15) is 43.2 Å². The summed E-state index contributed by atoms with van der Waals surface area (Å²) in [4.78, 5) is 72.9. The van der Waals surface area contributed by atoms with E-state index in [0.29, 0.717) is 25.7 Å². The zero-order chi connectivity index (χ0) is 72.3. The molecule has 3 N–H and O–H groups in total. The molecule has 2 unspecified atom stereocenters. The summed E-state index contributed by atoms with van der Waals surface area (Å²) < 4.78 is 68.6. The zero-order valence-corrected chi connectivity index (χ0v) is 66.0. The predicted molar refractivity (Wildman–Crippen MR) is 400 cm³/mol. The summed E-state index contributed by atoms with van der Waals surface area (Å²) >= 11 is 0. The highest BCUT2D eigenvalue weighted by atomic mass is 31.2. The van der Waals surface area contributed by atoms with E-state index in [2.05, 4.69) is 48.5 Å². The van der Waals surface area contributed by atoms with Gasteiger partial charge in [0.15, 0.2) is 12.2 Å². The highest BCUT2D eigenvalue weighted by Gasteiger charge is 2.30. The molecule has 0 aromatic carbocycles.